The van der Waals surface area contributed by atoms with Crippen LogP contribution in [0.1, 0.15) is 5.56 Å². The average Bonchev–Trinajstić information content (AvgIpc) is 2.71. The number of methoxy groups -OCH3 is 2. The fraction of sp³-hybridized carbons (Fsp3) is 0.312. The Kier molecular flexibility index (Phi) is 7.39. The lowest BCUT2D eigenvalue weighted by molar-refractivity contribution is -0.137. The molecule has 182 valence electrons. The van der Waals surface area contributed by atoms with Gasteiger partial charge in [-0.2, -0.15) is 23.1 Å². The Morgan fingerprint density at radius 2 is 1.52 bits per heavy atom. The standard InChI is InChI=1S/C16H18F3N5O7S2/c1-24(2)33(28,29)10-6-5-9(16(17,18)19)7-11(10)32(26,27)23-15(25)22-14-20-12(30-3)8-13(21-14)31-4/h5-8H,1-4H3,(H2,20,21,22,23,25). The third kappa shape index (κ3) is 5.99. The highest BCUT2D eigenvalue weighted by Crippen LogP contribution is 2.33. The Bertz CT molecular complexity index is 1240. The van der Waals surface area contributed by atoms with Crippen molar-refractivity contribution < 1.29 is 44.3 Å². The molecule has 0 spiro atoms. The zero-order valence-electron chi connectivity index (χ0n) is 17.5. The molecule has 0 aliphatic rings. The van der Waals surface area contributed by atoms with E-state index < -0.39 is 53.6 Å². The number of ether oxygens (including phenoxy) is 2. The molecular weight excluding hydrogens is 495 g/mol. The number of nitrogens with one attached hydrogen (secondary N) is 2. The zero-order valence-corrected chi connectivity index (χ0v) is 19.1. The van der Waals surface area contributed by atoms with Crippen LogP contribution in [0.3, 0.4) is 0 Å². The molecule has 2 rings (SSSR count). The van der Waals surface area contributed by atoms with E-state index in [0.29, 0.717) is 16.4 Å². The molecule has 0 fully saturated rings. The Morgan fingerprint density at radius 3 is 1.97 bits per heavy atom. The van der Waals surface area contributed by atoms with Crippen molar-refractivity contribution in [1.29, 1.82) is 0 Å². The summed E-state index contributed by atoms with van der Waals surface area (Å²) >= 11 is 0. The summed E-state index contributed by atoms with van der Waals surface area (Å²) < 4.78 is 102. The van der Waals surface area contributed by atoms with Crippen LogP contribution in [0.5, 0.6) is 11.8 Å². The molecule has 1 aromatic carbocycles. The van der Waals surface area contributed by atoms with Crippen molar-refractivity contribution in [3.8, 4) is 11.8 Å². The van der Waals surface area contributed by atoms with Gasteiger partial charge in [0.2, 0.25) is 27.7 Å². The minimum absolute atomic E-state index is 0.0581. The van der Waals surface area contributed by atoms with E-state index in [9.17, 15) is 34.8 Å². The maximum Gasteiger partial charge on any atom is 0.416 e. The van der Waals surface area contributed by atoms with Gasteiger partial charge in [-0.15, -0.1) is 0 Å². The second-order valence-electron chi connectivity index (χ2n) is 6.28. The number of aromatic nitrogens is 2. The Balaban J connectivity index is 2.49. The van der Waals surface area contributed by atoms with Crippen molar-refractivity contribution in [3.63, 3.8) is 0 Å². The molecular formula is C16H18F3N5O7S2. The van der Waals surface area contributed by atoms with Gasteiger partial charge in [0.05, 0.1) is 25.8 Å². The third-order valence-electron chi connectivity index (χ3n) is 3.87. The van der Waals surface area contributed by atoms with Gasteiger partial charge in [0, 0.05) is 14.1 Å². The van der Waals surface area contributed by atoms with E-state index in [1.54, 1.807) is 0 Å². The van der Waals surface area contributed by atoms with Crippen LogP contribution in [-0.2, 0) is 26.2 Å². The molecule has 0 atom stereocenters. The normalized spacial score (nSPS) is 12.4. The number of halogens is 3. The molecule has 0 saturated heterocycles. The quantitative estimate of drug-likeness (QED) is 0.556. The van der Waals surface area contributed by atoms with Crippen LogP contribution >= 0.6 is 0 Å². The van der Waals surface area contributed by atoms with Gasteiger partial charge in [-0.3, -0.25) is 5.32 Å². The van der Waals surface area contributed by atoms with Crippen LogP contribution in [0, 0.1) is 0 Å². The molecule has 2 N–H and O–H groups in total. The molecule has 0 bridgehead atoms. The first-order chi connectivity index (χ1) is 15.1. The lowest BCUT2D eigenvalue weighted by Crippen LogP contribution is -2.36. The summed E-state index contributed by atoms with van der Waals surface area (Å²) in [5.74, 6) is -0.585. The average molecular weight is 513 g/mol. The van der Waals surface area contributed by atoms with Gasteiger partial charge >= 0.3 is 12.2 Å². The van der Waals surface area contributed by atoms with Crippen LogP contribution in [-0.4, -0.2) is 65.5 Å². The molecule has 1 aromatic heterocycles. The fourth-order valence-corrected chi connectivity index (χ4v) is 4.89. The predicted molar refractivity (Wildman–Crippen MR) is 107 cm³/mol. The Hall–Kier alpha value is -3.18. The minimum atomic E-state index is -5.13. The van der Waals surface area contributed by atoms with Crippen molar-refractivity contribution in [1.82, 2.24) is 19.0 Å². The number of amides is 2. The van der Waals surface area contributed by atoms with Gasteiger partial charge in [-0.1, -0.05) is 0 Å². The van der Waals surface area contributed by atoms with Gasteiger partial charge in [0.15, 0.2) is 0 Å². The number of carbonyl (C=O) groups is 1. The smallest absolute Gasteiger partial charge is 0.416 e. The summed E-state index contributed by atoms with van der Waals surface area (Å²) in [6.07, 6.45) is -4.99. The number of benzene rings is 1. The van der Waals surface area contributed by atoms with E-state index in [-0.39, 0.29) is 17.8 Å². The topological polar surface area (TPSA) is 157 Å². The lowest BCUT2D eigenvalue weighted by Gasteiger charge is -2.17. The van der Waals surface area contributed by atoms with Crippen molar-refractivity contribution >= 4 is 32.0 Å². The van der Waals surface area contributed by atoms with Gasteiger partial charge < -0.3 is 9.47 Å². The van der Waals surface area contributed by atoms with Gasteiger partial charge in [-0.25, -0.2) is 30.7 Å². The Morgan fingerprint density at radius 1 is 0.970 bits per heavy atom. The van der Waals surface area contributed by atoms with Crippen LogP contribution in [0.15, 0.2) is 34.1 Å². The Labute approximate surface area is 186 Å². The van der Waals surface area contributed by atoms with E-state index in [1.807, 2.05) is 5.32 Å². The van der Waals surface area contributed by atoms with Crippen molar-refractivity contribution in [2.45, 2.75) is 16.0 Å². The van der Waals surface area contributed by atoms with Crippen LogP contribution in [0.25, 0.3) is 0 Å². The highest BCUT2D eigenvalue weighted by atomic mass is 32.2. The van der Waals surface area contributed by atoms with Crippen LogP contribution < -0.4 is 19.5 Å². The van der Waals surface area contributed by atoms with Crippen LogP contribution in [0.4, 0.5) is 23.9 Å². The summed E-state index contributed by atoms with van der Waals surface area (Å²) in [6, 6.07) is 0.764. The second-order valence-corrected chi connectivity index (χ2v) is 10.1. The van der Waals surface area contributed by atoms with E-state index >= 15 is 0 Å². The maximum atomic E-state index is 13.1. The molecule has 0 saturated carbocycles. The predicted octanol–water partition coefficient (Wildman–Crippen LogP) is 1.27. The van der Waals surface area contributed by atoms with Crippen molar-refractivity contribution in [2.24, 2.45) is 0 Å². The van der Waals surface area contributed by atoms with E-state index in [0.717, 1.165) is 14.1 Å². The first kappa shape index (κ1) is 26.1. The second kappa shape index (κ2) is 9.36. The highest BCUT2D eigenvalue weighted by Gasteiger charge is 2.36. The molecule has 1 heterocycles. The summed E-state index contributed by atoms with van der Waals surface area (Å²) in [6.45, 7) is 0. The van der Waals surface area contributed by atoms with Gasteiger partial charge in [-0.05, 0) is 18.2 Å². The third-order valence-corrected chi connectivity index (χ3v) is 7.24. The zero-order chi connectivity index (χ0) is 25.2. The molecule has 12 nitrogen and oxygen atoms in total. The lowest BCUT2D eigenvalue weighted by atomic mass is 10.2. The molecule has 0 aliphatic heterocycles. The summed E-state index contributed by atoms with van der Waals surface area (Å²) in [4.78, 5) is 17.4. The monoisotopic (exact) mass is 513 g/mol. The van der Waals surface area contributed by atoms with Gasteiger partial charge in [0.25, 0.3) is 10.0 Å². The number of hydrogen-bond acceptors (Lipinski definition) is 9. The highest BCUT2D eigenvalue weighted by molar-refractivity contribution is 7.92. The molecule has 2 amide bonds. The number of anilines is 1. The SMILES string of the molecule is COc1cc(OC)nc(NC(=O)NS(=O)(=O)c2cc(C(F)(F)F)ccc2S(=O)(=O)N(C)C)n1. The molecule has 0 radical (unpaired) electrons. The summed E-state index contributed by atoms with van der Waals surface area (Å²) in [7, 11) is -5.04. The number of hydrogen-bond donors (Lipinski definition) is 2. The van der Waals surface area contributed by atoms with E-state index in [2.05, 4.69) is 9.97 Å². The molecule has 17 heteroatoms. The number of alkyl halides is 3. The first-order valence-corrected chi connectivity index (χ1v) is 11.5. The summed E-state index contributed by atoms with van der Waals surface area (Å²) in [5.41, 5.74) is -1.44. The molecule has 0 unspecified atom stereocenters. The molecule has 33 heavy (non-hydrogen) atoms. The van der Waals surface area contributed by atoms with Crippen LogP contribution in [0.2, 0.25) is 0 Å². The molecule has 0 aliphatic carbocycles. The molecule has 2 aromatic rings. The van der Waals surface area contributed by atoms with E-state index in [4.69, 9.17) is 9.47 Å². The maximum absolute atomic E-state index is 13.1. The van der Waals surface area contributed by atoms with E-state index in [1.165, 1.54) is 25.0 Å². The fourth-order valence-electron chi connectivity index (χ4n) is 2.28. The minimum Gasteiger partial charge on any atom is -0.481 e. The number of urea groups is 1. The largest absolute Gasteiger partial charge is 0.481 e. The number of sulfonamides is 2. The van der Waals surface area contributed by atoms with Crippen molar-refractivity contribution in [2.75, 3.05) is 33.6 Å². The number of carbonyl (C=O) groups excluding carboxylic acids is 1. The summed E-state index contributed by atoms with van der Waals surface area (Å²) in [5, 5.41) is 1.95. The number of rotatable bonds is 7. The number of nitrogens with zero attached hydrogens (tertiary/aromatic N) is 3. The van der Waals surface area contributed by atoms with Crippen molar-refractivity contribution in [3.05, 3.63) is 29.8 Å². The van der Waals surface area contributed by atoms with Gasteiger partial charge in [0.1, 0.15) is 9.79 Å². The first-order valence-electron chi connectivity index (χ1n) is 8.56.